The van der Waals surface area contributed by atoms with E-state index < -0.39 is 0 Å². The number of hydrogen-bond acceptors (Lipinski definition) is 0. The minimum absolute atomic E-state index is 0.988. The molecule has 0 rings (SSSR count). The summed E-state index contributed by atoms with van der Waals surface area (Å²) in [5, 5.41) is 0.988. The minimum Gasteiger partial charge on any atom is -0.0883 e. The molecule has 0 saturated heterocycles. The van der Waals surface area contributed by atoms with Gasteiger partial charge in [-0.2, -0.15) is 0 Å². The van der Waals surface area contributed by atoms with E-state index in [1.54, 1.807) is 0 Å². The van der Waals surface area contributed by atoms with Crippen LogP contribution in [0.2, 0.25) is 0 Å². The Morgan fingerprint density at radius 1 is 0.917 bits per heavy atom. The van der Waals surface area contributed by atoms with E-state index in [0.717, 1.165) is 9.76 Å². The summed E-state index contributed by atoms with van der Waals surface area (Å²) in [5.74, 6) is 0. The van der Waals surface area contributed by atoms with Gasteiger partial charge in [-0.1, -0.05) is 62.8 Å². The van der Waals surface area contributed by atoms with Crippen molar-refractivity contribution in [2.45, 2.75) is 25.7 Å². The molecule has 0 aliphatic carbocycles. The molecular formula is C10H16BrI. The molecule has 0 saturated carbocycles. The van der Waals surface area contributed by atoms with Crippen molar-refractivity contribution in [2.75, 3.05) is 9.76 Å². The van der Waals surface area contributed by atoms with Crippen molar-refractivity contribution in [3.8, 4) is 0 Å². The molecule has 0 aliphatic heterocycles. The molecule has 12 heavy (non-hydrogen) atoms. The molecule has 0 N–H and O–H groups in total. The number of halogens is 2. The van der Waals surface area contributed by atoms with Crippen LogP contribution in [0.4, 0.5) is 0 Å². The zero-order chi connectivity index (χ0) is 9.07. The second kappa shape index (κ2) is 11.7. The van der Waals surface area contributed by atoms with Crippen molar-refractivity contribution in [2.24, 2.45) is 0 Å². The van der Waals surface area contributed by atoms with E-state index in [4.69, 9.17) is 0 Å². The van der Waals surface area contributed by atoms with Gasteiger partial charge in [-0.05, 0) is 25.7 Å². The minimum atomic E-state index is 0.988. The fourth-order valence-corrected chi connectivity index (χ4v) is 1.51. The summed E-state index contributed by atoms with van der Waals surface area (Å²) in [7, 11) is 0. The highest BCUT2D eigenvalue weighted by Gasteiger charge is 1.82. The predicted octanol–water partition coefficient (Wildman–Crippen LogP) is 4.49. The molecule has 0 radical (unpaired) electrons. The largest absolute Gasteiger partial charge is 0.0883 e. The van der Waals surface area contributed by atoms with Crippen LogP contribution in [0.1, 0.15) is 25.7 Å². The summed E-state index contributed by atoms with van der Waals surface area (Å²) in [6.07, 6.45) is 14.0. The summed E-state index contributed by atoms with van der Waals surface area (Å²) >= 11 is 5.72. The summed E-state index contributed by atoms with van der Waals surface area (Å²) in [5.41, 5.74) is 0. The Balaban J connectivity index is 3.00. The quantitative estimate of drug-likeness (QED) is 0.277. The van der Waals surface area contributed by atoms with E-state index >= 15 is 0 Å². The maximum absolute atomic E-state index is 3.35. The monoisotopic (exact) mass is 342 g/mol. The van der Waals surface area contributed by atoms with Gasteiger partial charge in [-0.3, -0.25) is 0 Å². The Kier molecular flexibility index (Phi) is 12.4. The summed E-state index contributed by atoms with van der Waals surface area (Å²) < 4.78 is 1.14. The lowest BCUT2D eigenvalue weighted by atomic mass is 10.2. The number of allylic oxidation sites excluding steroid dienone is 4. The van der Waals surface area contributed by atoms with Gasteiger partial charge in [0.25, 0.3) is 0 Å². The van der Waals surface area contributed by atoms with E-state index in [9.17, 15) is 0 Å². The molecule has 0 aliphatic rings. The van der Waals surface area contributed by atoms with E-state index in [0.29, 0.717) is 0 Å². The van der Waals surface area contributed by atoms with Crippen LogP contribution < -0.4 is 0 Å². The first-order valence-electron chi connectivity index (χ1n) is 4.33. The van der Waals surface area contributed by atoms with Crippen LogP contribution in [0.5, 0.6) is 0 Å². The molecule has 2 heteroatoms. The van der Waals surface area contributed by atoms with Gasteiger partial charge in [0, 0.05) is 9.76 Å². The lowest BCUT2D eigenvalue weighted by Crippen LogP contribution is -1.73. The molecule has 0 heterocycles. The average Bonchev–Trinajstić information content (AvgIpc) is 2.10. The molecule has 0 fully saturated rings. The molecule has 0 amide bonds. The van der Waals surface area contributed by atoms with Crippen LogP contribution in [-0.2, 0) is 0 Å². The highest BCUT2D eigenvalue weighted by Crippen LogP contribution is 2.02. The molecule has 0 atom stereocenters. The Hall–Kier alpha value is 0.690. The van der Waals surface area contributed by atoms with Crippen molar-refractivity contribution >= 4 is 38.5 Å². The van der Waals surface area contributed by atoms with Crippen LogP contribution >= 0.6 is 38.5 Å². The first kappa shape index (κ1) is 12.7. The molecule has 0 unspecified atom stereocenters. The lowest BCUT2D eigenvalue weighted by molar-refractivity contribution is 0.761. The highest BCUT2D eigenvalue weighted by molar-refractivity contribution is 14.1. The number of unbranched alkanes of at least 4 members (excludes halogenated alkanes) is 3. The highest BCUT2D eigenvalue weighted by atomic mass is 127. The number of hydrogen-bond donors (Lipinski definition) is 0. The van der Waals surface area contributed by atoms with Crippen LogP contribution in [-0.4, -0.2) is 9.76 Å². The summed E-state index contributed by atoms with van der Waals surface area (Å²) in [4.78, 5) is 0. The fourth-order valence-electron chi connectivity index (χ4n) is 0.886. The third-order valence-electron chi connectivity index (χ3n) is 1.50. The van der Waals surface area contributed by atoms with Crippen molar-refractivity contribution in [3.63, 3.8) is 0 Å². The number of rotatable bonds is 7. The van der Waals surface area contributed by atoms with Gasteiger partial charge in [0.1, 0.15) is 0 Å². The van der Waals surface area contributed by atoms with Crippen LogP contribution in [0.15, 0.2) is 24.3 Å². The average molecular weight is 343 g/mol. The van der Waals surface area contributed by atoms with E-state index in [2.05, 4.69) is 62.8 Å². The number of alkyl halides is 2. The second-order valence-electron chi connectivity index (χ2n) is 2.54. The molecule has 0 aromatic heterocycles. The Labute approximate surface area is 97.8 Å². The van der Waals surface area contributed by atoms with Gasteiger partial charge < -0.3 is 0 Å². The van der Waals surface area contributed by atoms with Crippen LogP contribution in [0.3, 0.4) is 0 Å². The SMILES string of the molecule is BrC/C=C/CCCC/C=C/CI. The molecule has 0 nitrogen and oxygen atoms in total. The van der Waals surface area contributed by atoms with Crippen LogP contribution in [0.25, 0.3) is 0 Å². The van der Waals surface area contributed by atoms with Gasteiger partial charge in [-0.15, -0.1) is 0 Å². The maximum atomic E-state index is 3.35. The van der Waals surface area contributed by atoms with Gasteiger partial charge in [0.15, 0.2) is 0 Å². The zero-order valence-corrected chi connectivity index (χ0v) is 11.1. The molecule has 0 spiro atoms. The zero-order valence-electron chi connectivity index (χ0n) is 7.31. The standard InChI is InChI=1S/C10H16BrI/c11-9-7-5-3-1-2-4-6-8-10-12/h5-8H,1-4,9-10H2/b7-5+,8-6+. The van der Waals surface area contributed by atoms with Gasteiger partial charge in [0.05, 0.1) is 0 Å². The Morgan fingerprint density at radius 3 is 2.00 bits per heavy atom. The van der Waals surface area contributed by atoms with E-state index in [1.165, 1.54) is 25.7 Å². The molecular weight excluding hydrogens is 327 g/mol. The Morgan fingerprint density at radius 2 is 1.50 bits per heavy atom. The normalized spacial score (nSPS) is 11.8. The molecule has 70 valence electrons. The lowest BCUT2D eigenvalue weighted by Gasteiger charge is -1.91. The van der Waals surface area contributed by atoms with Crippen molar-refractivity contribution in [3.05, 3.63) is 24.3 Å². The summed E-state index contributed by atoms with van der Waals surface area (Å²) in [6, 6.07) is 0. The van der Waals surface area contributed by atoms with Gasteiger partial charge in [-0.25, -0.2) is 0 Å². The maximum Gasteiger partial charge on any atom is 0.0212 e. The topological polar surface area (TPSA) is 0 Å². The smallest absolute Gasteiger partial charge is 0.0212 e. The van der Waals surface area contributed by atoms with Crippen molar-refractivity contribution < 1.29 is 0 Å². The van der Waals surface area contributed by atoms with Crippen molar-refractivity contribution in [1.82, 2.24) is 0 Å². The molecule has 0 bridgehead atoms. The van der Waals surface area contributed by atoms with Gasteiger partial charge >= 0.3 is 0 Å². The molecule has 0 aromatic carbocycles. The summed E-state index contributed by atoms with van der Waals surface area (Å²) in [6.45, 7) is 0. The first-order chi connectivity index (χ1) is 5.91. The molecule has 0 aromatic rings. The van der Waals surface area contributed by atoms with Crippen LogP contribution in [0, 0.1) is 0 Å². The Bertz CT molecular complexity index is 114. The third-order valence-corrected chi connectivity index (χ3v) is 2.39. The van der Waals surface area contributed by atoms with E-state index in [-0.39, 0.29) is 0 Å². The fraction of sp³-hybridized carbons (Fsp3) is 0.600. The first-order valence-corrected chi connectivity index (χ1v) is 6.98. The van der Waals surface area contributed by atoms with Crippen molar-refractivity contribution in [1.29, 1.82) is 0 Å². The third kappa shape index (κ3) is 10.7. The predicted molar refractivity (Wildman–Crippen MR) is 69.4 cm³/mol. The van der Waals surface area contributed by atoms with E-state index in [1.807, 2.05) is 0 Å². The second-order valence-corrected chi connectivity index (χ2v) is 4.06. The van der Waals surface area contributed by atoms with Gasteiger partial charge in [0.2, 0.25) is 0 Å².